The highest BCUT2D eigenvalue weighted by Crippen LogP contribution is 2.24. The summed E-state index contributed by atoms with van der Waals surface area (Å²) in [4.78, 5) is 26.2. The number of hydrogen-bond acceptors (Lipinski definition) is 5. The van der Waals surface area contributed by atoms with Gasteiger partial charge in [0.15, 0.2) is 6.61 Å². The van der Waals surface area contributed by atoms with E-state index in [0.29, 0.717) is 11.3 Å². The van der Waals surface area contributed by atoms with Gasteiger partial charge < -0.3 is 15.0 Å². The van der Waals surface area contributed by atoms with Gasteiger partial charge in [0.1, 0.15) is 0 Å². The molecule has 1 fully saturated rings. The molecule has 0 radical (unpaired) electrons. The number of hydrogen-bond donors (Lipinski definition) is 1. The van der Waals surface area contributed by atoms with E-state index < -0.39 is 11.9 Å². The summed E-state index contributed by atoms with van der Waals surface area (Å²) in [5.41, 5.74) is 3.13. The molecule has 3 rings (SSSR count). The zero-order valence-electron chi connectivity index (χ0n) is 17.0. The maximum absolute atomic E-state index is 12.0. The Morgan fingerprint density at radius 1 is 1.13 bits per heavy atom. The zero-order chi connectivity index (χ0) is 21.3. The third-order valence-electron chi connectivity index (χ3n) is 5.10. The molecule has 1 aliphatic rings. The fourth-order valence-electron chi connectivity index (χ4n) is 3.24. The molecule has 1 heterocycles. The number of nitrogens with one attached hydrogen (secondary N) is 1. The van der Waals surface area contributed by atoms with E-state index in [4.69, 9.17) is 10.00 Å². The highest BCUT2D eigenvalue weighted by molar-refractivity contribution is 5.94. The Hall–Kier alpha value is -3.59. The lowest BCUT2D eigenvalue weighted by Gasteiger charge is -2.32. The Bertz CT molecular complexity index is 935. The fraction of sp³-hybridized carbons (Fsp3) is 0.292. The van der Waals surface area contributed by atoms with E-state index in [0.717, 1.165) is 30.3 Å². The number of nitriles is 1. The third-order valence-corrected chi connectivity index (χ3v) is 5.10. The normalized spacial score (nSPS) is 14.3. The average molecular weight is 403 g/mol. The van der Waals surface area contributed by atoms with Crippen LogP contribution in [0, 0.1) is 17.2 Å². The van der Waals surface area contributed by atoms with Crippen molar-refractivity contribution in [3.8, 4) is 6.07 Å². The highest BCUT2D eigenvalue weighted by atomic mass is 16.5. The molecule has 2 aromatic rings. The molecule has 0 unspecified atom stereocenters. The van der Waals surface area contributed by atoms with Gasteiger partial charge in [-0.1, -0.05) is 19.1 Å². The van der Waals surface area contributed by atoms with Crippen molar-refractivity contribution < 1.29 is 14.3 Å². The largest absolute Gasteiger partial charge is 0.452 e. The number of ether oxygens (including phenoxy) is 1. The van der Waals surface area contributed by atoms with Crippen molar-refractivity contribution in [2.24, 2.45) is 5.92 Å². The molecule has 1 amide bonds. The van der Waals surface area contributed by atoms with Gasteiger partial charge in [0.05, 0.1) is 11.6 Å². The monoisotopic (exact) mass is 403 g/mol. The Kier molecular flexibility index (Phi) is 7.23. The molecule has 0 atom stereocenters. The number of carbonyl (C=O) groups excluding carboxylic acids is 2. The Labute approximate surface area is 176 Å². The van der Waals surface area contributed by atoms with E-state index in [1.807, 2.05) is 30.3 Å². The molecule has 0 bridgehead atoms. The quantitative estimate of drug-likeness (QED) is 0.582. The predicted molar refractivity (Wildman–Crippen MR) is 117 cm³/mol. The molecular formula is C24H25N3O3. The maximum Gasteiger partial charge on any atom is 0.331 e. The summed E-state index contributed by atoms with van der Waals surface area (Å²) in [5.74, 6) is -0.222. The van der Waals surface area contributed by atoms with Gasteiger partial charge in [0, 0.05) is 30.5 Å². The maximum atomic E-state index is 12.0. The number of esters is 1. The van der Waals surface area contributed by atoms with E-state index in [2.05, 4.69) is 17.1 Å². The lowest BCUT2D eigenvalue weighted by Crippen LogP contribution is -2.32. The van der Waals surface area contributed by atoms with Crippen LogP contribution in [-0.2, 0) is 14.3 Å². The smallest absolute Gasteiger partial charge is 0.331 e. The van der Waals surface area contributed by atoms with Gasteiger partial charge >= 0.3 is 5.97 Å². The van der Waals surface area contributed by atoms with Crippen LogP contribution in [0.4, 0.5) is 11.4 Å². The number of piperidine rings is 1. The molecule has 30 heavy (non-hydrogen) atoms. The van der Waals surface area contributed by atoms with Gasteiger partial charge in [-0.2, -0.15) is 5.26 Å². The van der Waals surface area contributed by atoms with Gasteiger partial charge in [-0.3, -0.25) is 4.79 Å². The first-order valence-corrected chi connectivity index (χ1v) is 10.0. The standard InChI is InChI=1S/C24H25N3O3/c1-18-12-14-27(15-13-18)22-9-7-21(8-10-22)26-23(28)17-30-24(29)11-6-19-2-4-20(16-25)5-3-19/h2-11,18H,12-15,17H2,1H3,(H,26,28)/b11-6+. The van der Waals surface area contributed by atoms with Crippen molar-refractivity contribution in [2.75, 3.05) is 29.9 Å². The summed E-state index contributed by atoms with van der Waals surface area (Å²) in [7, 11) is 0. The summed E-state index contributed by atoms with van der Waals surface area (Å²) in [5, 5.41) is 11.5. The molecule has 6 nitrogen and oxygen atoms in total. The molecular weight excluding hydrogens is 378 g/mol. The number of amides is 1. The Morgan fingerprint density at radius 3 is 2.43 bits per heavy atom. The molecule has 154 valence electrons. The van der Waals surface area contributed by atoms with E-state index >= 15 is 0 Å². The highest BCUT2D eigenvalue weighted by Gasteiger charge is 2.16. The second-order valence-electron chi connectivity index (χ2n) is 7.44. The van der Waals surface area contributed by atoms with Crippen LogP contribution in [0.3, 0.4) is 0 Å². The van der Waals surface area contributed by atoms with Gasteiger partial charge in [-0.15, -0.1) is 0 Å². The molecule has 0 spiro atoms. The molecule has 6 heteroatoms. The number of nitrogens with zero attached hydrogens (tertiary/aromatic N) is 2. The van der Waals surface area contributed by atoms with Crippen LogP contribution < -0.4 is 10.2 Å². The minimum atomic E-state index is -0.607. The van der Waals surface area contributed by atoms with Crippen LogP contribution in [0.15, 0.2) is 54.6 Å². The minimum Gasteiger partial charge on any atom is -0.452 e. The van der Waals surface area contributed by atoms with E-state index in [1.54, 1.807) is 30.3 Å². The van der Waals surface area contributed by atoms with Crippen LogP contribution in [0.2, 0.25) is 0 Å². The fourth-order valence-corrected chi connectivity index (χ4v) is 3.24. The van der Waals surface area contributed by atoms with Crippen LogP contribution in [0.5, 0.6) is 0 Å². The van der Waals surface area contributed by atoms with Crippen LogP contribution in [0.1, 0.15) is 30.9 Å². The SMILES string of the molecule is CC1CCN(c2ccc(NC(=O)COC(=O)/C=C/c3ccc(C#N)cc3)cc2)CC1. The molecule has 1 N–H and O–H groups in total. The number of benzene rings is 2. The molecule has 0 aromatic heterocycles. The summed E-state index contributed by atoms with van der Waals surface area (Å²) in [6.45, 7) is 4.03. The van der Waals surface area contributed by atoms with Crippen LogP contribution >= 0.6 is 0 Å². The first-order chi connectivity index (χ1) is 14.5. The lowest BCUT2D eigenvalue weighted by atomic mass is 9.99. The second-order valence-corrected chi connectivity index (χ2v) is 7.44. The molecule has 0 saturated carbocycles. The molecule has 0 aliphatic carbocycles. The minimum absolute atomic E-state index is 0.359. The number of anilines is 2. The van der Waals surface area contributed by atoms with Gasteiger partial charge in [-0.05, 0) is 66.8 Å². The van der Waals surface area contributed by atoms with Gasteiger partial charge in [0.2, 0.25) is 0 Å². The average Bonchev–Trinajstić information content (AvgIpc) is 2.78. The van der Waals surface area contributed by atoms with Gasteiger partial charge in [0.25, 0.3) is 5.91 Å². The summed E-state index contributed by atoms with van der Waals surface area (Å²) < 4.78 is 4.97. The van der Waals surface area contributed by atoms with E-state index in [-0.39, 0.29) is 6.61 Å². The zero-order valence-corrected chi connectivity index (χ0v) is 17.0. The predicted octanol–water partition coefficient (Wildman–Crippen LogP) is 3.99. The van der Waals surface area contributed by atoms with Crippen LogP contribution in [-0.4, -0.2) is 31.6 Å². The van der Waals surface area contributed by atoms with E-state index in [1.165, 1.54) is 18.9 Å². The number of carbonyl (C=O) groups is 2. The first-order valence-electron chi connectivity index (χ1n) is 10.0. The topological polar surface area (TPSA) is 82.4 Å². The summed E-state index contributed by atoms with van der Waals surface area (Å²) in [6.07, 6.45) is 5.22. The summed E-state index contributed by atoms with van der Waals surface area (Å²) in [6, 6.07) is 16.5. The van der Waals surface area contributed by atoms with Crippen molar-refractivity contribution >= 4 is 29.3 Å². The van der Waals surface area contributed by atoms with Crippen molar-refractivity contribution in [1.82, 2.24) is 0 Å². The molecule has 1 saturated heterocycles. The van der Waals surface area contributed by atoms with Gasteiger partial charge in [-0.25, -0.2) is 4.79 Å². The first kappa shape index (κ1) is 21.1. The second kappa shape index (κ2) is 10.3. The molecule has 2 aromatic carbocycles. The summed E-state index contributed by atoms with van der Waals surface area (Å²) >= 11 is 0. The number of rotatable bonds is 6. The van der Waals surface area contributed by atoms with Crippen molar-refractivity contribution in [1.29, 1.82) is 5.26 Å². The Morgan fingerprint density at radius 2 is 1.80 bits per heavy atom. The molecule has 1 aliphatic heterocycles. The lowest BCUT2D eigenvalue weighted by molar-refractivity contribution is -0.142. The van der Waals surface area contributed by atoms with Crippen LogP contribution in [0.25, 0.3) is 6.08 Å². The van der Waals surface area contributed by atoms with E-state index in [9.17, 15) is 9.59 Å². The Balaban J connectivity index is 1.43. The van der Waals surface area contributed by atoms with Crippen molar-refractivity contribution in [3.63, 3.8) is 0 Å². The van der Waals surface area contributed by atoms with Crippen molar-refractivity contribution in [2.45, 2.75) is 19.8 Å². The van der Waals surface area contributed by atoms with Crippen molar-refractivity contribution in [3.05, 3.63) is 65.7 Å². The third kappa shape index (κ3) is 6.21.